The van der Waals surface area contributed by atoms with E-state index in [-0.39, 0.29) is 0 Å². The molecule has 0 aliphatic carbocycles. The van der Waals surface area contributed by atoms with Gasteiger partial charge in [-0.05, 0) is 18.9 Å². The predicted molar refractivity (Wildman–Crippen MR) is 68.6 cm³/mol. The maximum absolute atomic E-state index is 5.47. The van der Waals surface area contributed by atoms with E-state index >= 15 is 0 Å². The second-order valence-electron chi connectivity index (χ2n) is 4.13. The first-order valence-electron chi connectivity index (χ1n) is 6.17. The van der Waals surface area contributed by atoms with Crippen LogP contribution >= 0.6 is 0 Å². The topological polar surface area (TPSA) is 21.3 Å². The van der Waals surface area contributed by atoms with E-state index in [9.17, 15) is 0 Å². The van der Waals surface area contributed by atoms with Crippen LogP contribution in [-0.4, -0.2) is 19.8 Å². The maximum Gasteiger partial charge on any atom is 0.0591 e. The van der Waals surface area contributed by atoms with Crippen molar-refractivity contribution in [3.63, 3.8) is 0 Å². The third-order valence-corrected chi connectivity index (χ3v) is 2.52. The first kappa shape index (κ1) is 13.2. The molecule has 1 N–H and O–H groups in total. The fourth-order valence-electron chi connectivity index (χ4n) is 1.43. The smallest absolute Gasteiger partial charge is 0.0591 e. The summed E-state index contributed by atoms with van der Waals surface area (Å²) >= 11 is 0. The van der Waals surface area contributed by atoms with Crippen molar-refractivity contribution >= 4 is 0 Å². The lowest BCUT2D eigenvalue weighted by atomic mass is 10.1. The molecule has 1 aromatic carbocycles. The molecule has 90 valence electrons. The number of aryl methyl sites for hydroxylation is 1. The fourth-order valence-corrected chi connectivity index (χ4v) is 1.43. The third kappa shape index (κ3) is 5.89. The summed E-state index contributed by atoms with van der Waals surface area (Å²) in [5, 5.41) is 3.37. The molecule has 0 spiro atoms. The Kier molecular flexibility index (Phi) is 6.86. The van der Waals surface area contributed by atoms with Gasteiger partial charge < -0.3 is 10.1 Å². The zero-order chi connectivity index (χ0) is 11.6. The number of rotatable bonds is 8. The highest BCUT2D eigenvalue weighted by atomic mass is 16.5. The van der Waals surface area contributed by atoms with Crippen molar-refractivity contribution in [2.45, 2.75) is 33.2 Å². The van der Waals surface area contributed by atoms with Crippen LogP contribution in [0.3, 0.4) is 0 Å². The summed E-state index contributed by atoms with van der Waals surface area (Å²) in [5.41, 5.74) is 2.64. The van der Waals surface area contributed by atoms with Gasteiger partial charge in [-0.25, -0.2) is 0 Å². The van der Waals surface area contributed by atoms with Crippen molar-refractivity contribution in [3.05, 3.63) is 35.4 Å². The number of unbranched alkanes of at least 4 members (excludes halogenated alkanes) is 1. The monoisotopic (exact) mass is 221 g/mol. The molecule has 1 rings (SSSR count). The molecule has 0 heterocycles. The van der Waals surface area contributed by atoms with Crippen LogP contribution in [0.15, 0.2) is 24.3 Å². The number of ether oxygens (including phenoxy) is 1. The summed E-state index contributed by atoms with van der Waals surface area (Å²) in [6, 6.07) is 8.63. The molecule has 0 fully saturated rings. The van der Waals surface area contributed by atoms with Crippen LogP contribution in [0.2, 0.25) is 0 Å². The summed E-state index contributed by atoms with van der Waals surface area (Å²) in [4.78, 5) is 0. The summed E-state index contributed by atoms with van der Waals surface area (Å²) in [5.74, 6) is 0. The first-order chi connectivity index (χ1) is 7.83. The Labute approximate surface area is 99.0 Å². The lowest BCUT2D eigenvalue weighted by Gasteiger charge is -2.06. The minimum absolute atomic E-state index is 0.811. The molecule has 0 saturated carbocycles. The summed E-state index contributed by atoms with van der Waals surface area (Å²) in [6.07, 6.45) is 2.37. The Hall–Kier alpha value is -0.860. The zero-order valence-corrected chi connectivity index (χ0v) is 10.5. The van der Waals surface area contributed by atoms with Gasteiger partial charge in [0.2, 0.25) is 0 Å². The van der Waals surface area contributed by atoms with E-state index < -0.39 is 0 Å². The Morgan fingerprint density at radius 1 is 1.12 bits per heavy atom. The van der Waals surface area contributed by atoms with Crippen molar-refractivity contribution in [1.29, 1.82) is 0 Å². The second kappa shape index (κ2) is 8.31. The van der Waals surface area contributed by atoms with Gasteiger partial charge in [0.15, 0.2) is 0 Å². The van der Waals surface area contributed by atoms with Gasteiger partial charge in [-0.3, -0.25) is 0 Å². The Bertz CT molecular complexity index is 269. The molecule has 2 nitrogen and oxygen atoms in total. The Morgan fingerprint density at radius 2 is 1.88 bits per heavy atom. The van der Waals surface area contributed by atoms with E-state index in [1.807, 2.05) is 0 Å². The molecule has 0 saturated heterocycles. The Balaban J connectivity index is 2.01. The third-order valence-electron chi connectivity index (χ3n) is 2.52. The number of nitrogens with one attached hydrogen (secondary N) is 1. The second-order valence-corrected chi connectivity index (χ2v) is 4.13. The molecular weight excluding hydrogens is 198 g/mol. The average Bonchev–Trinajstić information content (AvgIpc) is 2.30. The molecule has 1 aromatic rings. The van der Waals surface area contributed by atoms with Crippen LogP contribution < -0.4 is 5.32 Å². The van der Waals surface area contributed by atoms with E-state index in [4.69, 9.17) is 4.74 Å². The average molecular weight is 221 g/mol. The number of benzene rings is 1. The van der Waals surface area contributed by atoms with E-state index in [0.717, 1.165) is 32.7 Å². The van der Waals surface area contributed by atoms with Gasteiger partial charge in [0.1, 0.15) is 0 Å². The van der Waals surface area contributed by atoms with Gasteiger partial charge >= 0.3 is 0 Å². The van der Waals surface area contributed by atoms with Crippen molar-refractivity contribution in [2.24, 2.45) is 0 Å². The summed E-state index contributed by atoms with van der Waals surface area (Å²) in [7, 11) is 0. The highest BCUT2D eigenvalue weighted by molar-refractivity contribution is 5.20. The quantitative estimate of drug-likeness (QED) is 0.682. The fraction of sp³-hybridized carbons (Fsp3) is 0.571. The molecule has 0 aliphatic heterocycles. The molecule has 0 aliphatic rings. The van der Waals surface area contributed by atoms with Gasteiger partial charge in [-0.2, -0.15) is 0 Å². The molecule has 16 heavy (non-hydrogen) atoms. The van der Waals surface area contributed by atoms with Crippen LogP contribution in [0.1, 0.15) is 30.9 Å². The van der Waals surface area contributed by atoms with Gasteiger partial charge in [0.05, 0.1) is 6.61 Å². The molecule has 2 heteroatoms. The van der Waals surface area contributed by atoms with Crippen LogP contribution in [0.25, 0.3) is 0 Å². The van der Waals surface area contributed by atoms with Gasteiger partial charge in [0, 0.05) is 19.7 Å². The Morgan fingerprint density at radius 3 is 2.56 bits per heavy atom. The van der Waals surface area contributed by atoms with E-state index in [0.29, 0.717) is 0 Å². The lowest BCUT2D eigenvalue weighted by molar-refractivity contribution is 0.133. The van der Waals surface area contributed by atoms with Crippen molar-refractivity contribution in [1.82, 2.24) is 5.32 Å². The minimum Gasteiger partial charge on any atom is -0.380 e. The highest BCUT2D eigenvalue weighted by Crippen LogP contribution is 2.02. The van der Waals surface area contributed by atoms with Crippen molar-refractivity contribution < 1.29 is 4.74 Å². The first-order valence-corrected chi connectivity index (χ1v) is 6.17. The van der Waals surface area contributed by atoms with Crippen LogP contribution in [0.5, 0.6) is 0 Å². The summed E-state index contributed by atoms with van der Waals surface area (Å²) in [6.45, 7) is 7.85. The zero-order valence-electron chi connectivity index (χ0n) is 10.5. The molecule has 0 radical (unpaired) electrons. The van der Waals surface area contributed by atoms with Crippen LogP contribution in [0, 0.1) is 6.92 Å². The van der Waals surface area contributed by atoms with E-state index in [1.165, 1.54) is 17.5 Å². The molecule has 0 unspecified atom stereocenters. The lowest BCUT2D eigenvalue weighted by Crippen LogP contribution is -2.19. The predicted octanol–water partition coefficient (Wildman–Crippen LogP) is 2.90. The van der Waals surface area contributed by atoms with Crippen LogP contribution in [0.4, 0.5) is 0 Å². The standard InChI is InChI=1S/C14H23NO/c1-3-4-10-16-11-9-15-12-14-7-5-13(2)6-8-14/h5-8,15H,3-4,9-12H2,1-2H3. The van der Waals surface area contributed by atoms with Crippen molar-refractivity contribution in [2.75, 3.05) is 19.8 Å². The van der Waals surface area contributed by atoms with Gasteiger partial charge in [-0.1, -0.05) is 43.2 Å². The molecule has 0 amide bonds. The minimum atomic E-state index is 0.811. The van der Waals surface area contributed by atoms with Gasteiger partial charge in [-0.15, -0.1) is 0 Å². The van der Waals surface area contributed by atoms with Crippen molar-refractivity contribution in [3.8, 4) is 0 Å². The van der Waals surface area contributed by atoms with Crippen LogP contribution in [-0.2, 0) is 11.3 Å². The molecule has 0 bridgehead atoms. The molecular formula is C14H23NO. The molecule has 0 aromatic heterocycles. The summed E-state index contributed by atoms with van der Waals surface area (Å²) < 4.78 is 5.47. The highest BCUT2D eigenvalue weighted by Gasteiger charge is 1.92. The largest absolute Gasteiger partial charge is 0.380 e. The van der Waals surface area contributed by atoms with E-state index in [1.54, 1.807) is 0 Å². The normalized spacial score (nSPS) is 10.6. The van der Waals surface area contributed by atoms with Gasteiger partial charge in [0.25, 0.3) is 0 Å². The SMILES string of the molecule is CCCCOCCNCc1ccc(C)cc1. The molecule has 0 atom stereocenters. The van der Waals surface area contributed by atoms with E-state index in [2.05, 4.69) is 43.4 Å². The number of hydrogen-bond donors (Lipinski definition) is 1. The number of hydrogen-bond acceptors (Lipinski definition) is 2. The maximum atomic E-state index is 5.47.